The summed E-state index contributed by atoms with van der Waals surface area (Å²) in [5.41, 5.74) is 4.61. The number of nitrogens with one attached hydrogen (secondary N) is 1. The number of aryl methyl sites for hydroxylation is 1. The van der Waals surface area contributed by atoms with Crippen molar-refractivity contribution >= 4 is 22.5 Å². The Balaban J connectivity index is 1.93. The predicted octanol–water partition coefficient (Wildman–Crippen LogP) is 5.06. The van der Waals surface area contributed by atoms with Crippen LogP contribution < -0.4 is 5.32 Å². The fourth-order valence-electron chi connectivity index (χ4n) is 4.03. The van der Waals surface area contributed by atoms with Crippen LogP contribution in [0.2, 0.25) is 0 Å². The van der Waals surface area contributed by atoms with Crippen LogP contribution in [0.1, 0.15) is 56.6 Å². The molecule has 0 radical (unpaired) electrons. The average molecular weight is 332 g/mol. The molecule has 4 heteroatoms. The second-order valence-electron chi connectivity index (χ2n) is 7.03. The zero-order valence-electron chi connectivity index (χ0n) is 14.8. The molecule has 0 unspecified atom stereocenters. The lowest BCUT2D eigenvalue weighted by atomic mass is 9.95. The van der Waals surface area contributed by atoms with Gasteiger partial charge in [-0.15, -0.1) is 0 Å². The van der Waals surface area contributed by atoms with Gasteiger partial charge in [-0.2, -0.15) is 5.26 Å². The van der Waals surface area contributed by atoms with E-state index in [4.69, 9.17) is 4.98 Å². The van der Waals surface area contributed by atoms with Crippen LogP contribution in [0.25, 0.3) is 16.7 Å². The van der Waals surface area contributed by atoms with Crippen molar-refractivity contribution in [2.24, 2.45) is 0 Å². The highest BCUT2D eigenvalue weighted by Crippen LogP contribution is 2.29. The quantitative estimate of drug-likeness (QED) is 0.727. The van der Waals surface area contributed by atoms with Crippen LogP contribution in [0.3, 0.4) is 0 Å². The molecule has 1 aliphatic carbocycles. The number of nitrogens with zero attached hydrogens (tertiary/aromatic N) is 3. The van der Waals surface area contributed by atoms with Crippen LogP contribution in [0.4, 0.5) is 5.82 Å². The van der Waals surface area contributed by atoms with Gasteiger partial charge in [-0.25, -0.2) is 4.98 Å². The van der Waals surface area contributed by atoms with Crippen LogP contribution >= 0.6 is 0 Å². The van der Waals surface area contributed by atoms with Crippen LogP contribution in [-0.2, 0) is 6.42 Å². The lowest BCUT2D eigenvalue weighted by Crippen LogP contribution is -2.23. The fraction of sp³-hybridized carbons (Fsp3) is 0.429. The lowest BCUT2D eigenvalue weighted by Gasteiger charge is -2.25. The molecule has 3 aromatic rings. The Labute approximate surface area is 148 Å². The number of rotatable bonds is 4. The van der Waals surface area contributed by atoms with E-state index >= 15 is 0 Å². The second kappa shape index (κ2) is 6.76. The summed E-state index contributed by atoms with van der Waals surface area (Å²) in [6, 6.07) is 13.2. The van der Waals surface area contributed by atoms with Crippen molar-refractivity contribution in [3.05, 3.63) is 41.5 Å². The minimum Gasteiger partial charge on any atom is -0.368 e. The Bertz CT molecular complexity index is 942. The standard InChI is InChI=1S/C21H24N4/c1-2-8-15-13-20(23-16-9-4-3-5-10-16)25-19-12-7-6-11-18(19)24-21(25)17(15)14-22/h6-7,11-13,16,23H,2-5,8-10H2,1H3. The zero-order chi connectivity index (χ0) is 17.2. The van der Waals surface area contributed by atoms with Gasteiger partial charge in [0.05, 0.1) is 16.6 Å². The van der Waals surface area contributed by atoms with Gasteiger partial charge in [-0.1, -0.05) is 44.7 Å². The number of nitriles is 1. The van der Waals surface area contributed by atoms with E-state index in [2.05, 4.69) is 34.8 Å². The predicted molar refractivity (Wildman–Crippen MR) is 102 cm³/mol. The monoisotopic (exact) mass is 332 g/mol. The number of hydrogen-bond acceptors (Lipinski definition) is 3. The van der Waals surface area contributed by atoms with Gasteiger partial charge < -0.3 is 5.32 Å². The number of pyridine rings is 1. The smallest absolute Gasteiger partial charge is 0.157 e. The molecule has 128 valence electrons. The van der Waals surface area contributed by atoms with Gasteiger partial charge in [0.2, 0.25) is 0 Å². The van der Waals surface area contributed by atoms with E-state index in [0.717, 1.165) is 40.9 Å². The minimum absolute atomic E-state index is 0.514. The van der Waals surface area contributed by atoms with E-state index in [9.17, 15) is 5.26 Å². The number of para-hydroxylation sites is 2. The van der Waals surface area contributed by atoms with E-state index in [1.807, 2.05) is 18.2 Å². The van der Waals surface area contributed by atoms with Crippen molar-refractivity contribution in [1.29, 1.82) is 5.26 Å². The summed E-state index contributed by atoms with van der Waals surface area (Å²) in [4.78, 5) is 4.78. The summed E-state index contributed by atoms with van der Waals surface area (Å²) in [6.07, 6.45) is 8.30. The van der Waals surface area contributed by atoms with Gasteiger partial charge in [0.1, 0.15) is 11.9 Å². The van der Waals surface area contributed by atoms with Crippen LogP contribution in [0.15, 0.2) is 30.3 Å². The maximum absolute atomic E-state index is 9.76. The van der Waals surface area contributed by atoms with Crippen molar-refractivity contribution in [2.45, 2.75) is 57.9 Å². The molecule has 1 saturated carbocycles. The van der Waals surface area contributed by atoms with E-state index in [1.54, 1.807) is 0 Å². The molecule has 4 rings (SSSR count). The van der Waals surface area contributed by atoms with Gasteiger partial charge in [0, 0.05) is 6.04 Å². The highest BCUT2D eigenvalue weighted by Gasteiger charge is 2.19. The molecule has 0 atom stereocenters. The van der Waals surface area contributed by atoms with Crippen LogP contribution in [0, 0.1) is 11.3 Å². The maximum Gasteiger partial charge on any atom is 0.157 e. The van der Waals surface area contributed by atoms with Crippen molar-refractivity contribution in [3.8, 4) is 6.07 Å². The fourth-order valence-corrected chi connectivity index (χ4v) is 4.03. The van der Waals surface area contributed by atoms with Crippen LogP contribution in [-0.4, -0.2) is 15.4 Å². The topological polar surface area (TPSA) is 53.1 Å². The Kier molecular flexibility index (Phi) is 4.31. The van der Waals surface area contributed by atoms with Gasteiger partial charge in [-0.05, 0) is 43.0 Å². The number of imidazole rings is 1. The molecule has 1 fully saturated rings. The molecule has 4 nitrogen and oxygen atoms in total. The molecule has 1 aliphatic rings. The third-order valence-corrected chi connectivity index (χ3v) is 5.25. The minimum atomic E-state index is 0.514. The summed E-state index contributed by atoms with van der Waals surface area (Å²) in [7, 11) is 0. The van der Waals surface area contributed by atoms with Gasteiger partial charge >= 0.3 is 0 Å². The molecule has 25 heavy (non-hydrogen) atoms. The Hall–Kier alpha value is -2.54. The Morgan fingerprint density at radius 2 is 2.04 bits per heavy atom. The Morgan fingerprint density at radius 3 is 2.80 bits per heavy atom. The summed E-state index contributed by atoms with van der Waals surface area (Å²) >= 11 is 0. The third kappa shape index (κ3) is 2.84. The van der Waals surface area contributed by atoms with E-state index < -0.39 is 0 Å². The molecule has 1 aromatic carbocycles. The summed E-state index contributed by atoms with van der Waals surface area (Å²) in [5.74, 6) is 1.08. The molecular weight excluding hydrogens is 308 g/mol. The van der Waals surface area contributed by atoms with Crippen molar-refractivity contribution in [2.75, 3.05) is 5.32 Å². The Morgan fingerprint density at radius 1 is 1.24 bits per heavy atom. The van der Waals surface area contributed by atoms with Gasteiger partial charge in [0.15, 0.2) is 5.65 Å². The highest BCUT2D eigenvalue weighted by atomic mass is 15.1. The first-order valence-corrected chi connectivity index (χ1v) is 9.41. The van der Waals surface area contributed by atoms with Crippen molar-refractivity contribution in [1.82, 2.24) is 9.38 Å². The average Bonchev–Trinajstić information content (AvgIpc) is 3.02. The molecule has 2 aromatic heterocycles. The number of anilines is 1. The first kappa shape index (κ1) is 16.0. The van der Waals surface area contributed by atoms with Gasteiger partial charge in [0.25, 0.3) is 0 Å². The number of aromatic nitrogens is 2. The first-order valence-electron chi connectivity index (χ1n) is 9.41. The molecule has 1 N–H and O–H groups in total. The largest absolute Gasteiger partial charge is 0.368 e. The van der Waals surface area contributed by atoms with E-state index in [-0.39, 0.29) is 0 Å². The summed E-state index contributed by atoms with van der Waals surface area (Å²) < 4.78 is 2.14. The number of benzene rings is 1. The summed E-state index contributed by atoms with van der Waals surface area (Å²) in [5, 5.41) is 13.5. The second-order valence-corrected chi connectivity index (χ2v) is 7.03. The molecular formula is C21H24N4. The third-order valence-electron chi connectivity index (χ3n) is 5.25. The van der Waals surface area contributed by atoms with Crippen molar-refractivity contribution in [3.63, 3.8) is 0 Å². The summed E-state index contributed by atoms with van der Waals surface area (Å²) in [6.45, 7) is 2.15. The molecule has 2 heterocycles. The maximum atomic E-state index is 9.76. The number of hydrogen-bond donors (Lipinski definition) is 1. The number of fused-ring (bicyclic) bond motifs is 3. The SMILES string of the molecule is CCCc1cc(NC2CCCCC2)n2c(nc3ccccc32)c1C#N. The highest BCUT2D eigenvalue weighted by molar-refractivity contribution is 5.85. The molecule has 0 saturated heterocycles. The van der Waals surface area contributed by atoms with E-state index in [0.29, 0.717) is 11.6 Å². The molecule has 0 bridgehead atoms. The normalized spacial score (nSPS) is 15.5. The first-order chi connectivity index (χ1) is 12.3. The lowest BCUT2D eigenvalue weighted by molar-refractivity contribution is 0.461. The zero-order valence-corrected chi connectivity index (χ0v) is 14.8. The molecule has 0 amide bonds. The molecule has 0 spiro atoms. The van der Waals surface area contributed by atoms with Gasteiger partial charge in [-0.3, -0.25) is 4.40 Å². The van der Waals surface area contributed by atoms with E-state index in [1.165, 1.54) is 32.1 Å². The van der Waals surface area contributed by atoms with Crippen LogP contribution in [0.5, 0.6) is 0 Å². The molecule has 0 aliphatic heterocycles. The van der Waals surface area contributed by atoms with Crippen molar-refractivity contribution < 1.29 is 0 Å².